The van der Waals surface area contributed by atoms with Crippen LogP contribution in [0.3, 0.4) is 0 Å². The number of carbonyl (C=O) groups excluding carboxylic acids is 1. The van der Waals surface area contributed by atoms with E-state index >= 15 is 0 Å². The number of ether oxygens (including phenoxy) is 3. The number of benzene rings is 1. The highest BCUT2D eigenvalue weighted by Crippen LogP contribution is 2.32. The van der Waals surface area contributed by atoms with Gasteiger partial charge in [-0.15, -0.1) is 0 Å². The molecule has 1 aromatic carbocycles. The largest absolute Gasteiger partial charge is 0.485 e. The SMILES string of the molecule is CCOC(=O)C1COc2cc(CN)ccc2O1. The summed E-state index contributed by atoms with van der Waals surface area (Å²) in [6.45, 7) is 2.69. The molecule has 5 nitrogen and oxygen atoms in total. The van der Waals surface area contributed by atoms with Crippen LogP contribution >= 0.6 is 0 Å². The quantitative estimate of drug-likeness (QED) is 0.789. The molecule has 17 heavy (non-hydrogen) atoms. The van der Waals surface area contributed by atoms with Crippen LogP contribution in [0.2, 0.25) is 0 Å². The van der Waals surface area contributed by atoms with Gasteiger partial charge in [0.05, 0.1) is 6.61 Å². The Balaban J connectivity index is 2.11. The molecule has 1 heterocycles. The predicted molar refractivity (Wildman–Crippen MR) is 60.9 cm³/mol. The van der Waals surface area contributed by atoms with Crippen LogP contribution in [0.1, 0.15) is 12.5 Å². The van der Waals surface area contributed by atoms with E-state index in [9.17, 15) is 4.79 Å². The molecule has 1 aromatic rings. The Labute approximate surface area is 99.5 Å². The smallest absolute Gasteiger partial charge is 0.350 e. The minimum absolute atomic E-state index is 0.167. The molecular formula is C12H15NO4. The van der Waals surface area contributed by atoms with Gasteiger partial charge in [-0.2, -0.15) is 0 Å². The average molecular weight is 237 g/mol. The number of hydrogen-bond donors (Lipinski definition) is 1. The van der Waals surface area contributed by atoms with Gasteiger partial charge in [-0.1, -0.05) is 6.07 Å². The lowest BCUT2D eigenvalue weighted by Gasteiger charge is -2.25. The van der Waals surface area contributed by atoms with E-state index in [2.05, 4.69) is 0 Å². The van der Waals surface area contributed by atoms with Crippen molar-refractivity contribution in [3.63, 3.8) is 0 Å². The van der Waals surface area contributed by atoms with E-state index in [-0.39, 0.29) is 6.61 Å². The minimum Gasteiger partial charge on any atom is -0.485 e. The maximum Gasteiger partial charge on any atom is 0.350 e. The van der Waals surface area contributed by atoms with Gasteiger partial charge in [0.15, 0.2) is 11.5 Å². The second-order valence-electron chi connectivity index (χ2n) is 3.65. The van der Waals surface area contributed by atoms with Crippen LogP contribution in [0.25, 0.3) is 0 Å². The Morgan fingerprint density at radius 3 is 3.06 bits per heavy atom. The first-order valence-electron chi connectivity index (χ1n) is 5.53. The molecule has 0 amide bonds. The standard InChI is InChI=1S/C12H15NO4/c1-2-15-12(14)11-7-16-10-5-8(6-13)3-4-9(10)17-11/h3-5,11H,2,6-7,13H2,1H3. The van der Waals surface area contributed by atoms with E-state index in [1.807, 2.05) is 12.1 Å². The van der Waals surface area contributed by atoms with Crippen molar-refractivity contribution in [2.24, 2.45) is 5.73 Å². The second-order valence-corrected chi connectivity index (χ2v) is 3.65. The number of fused-ring (bicyclic) bond motifs is 1. The van der Waals surface area contributed by atoms with Crippen molar-refractivity contribution in [1.82, 2.24) is 0 Å². The molecule has 92 valence electrons. The topological polar surface area (TPSA) is 70.8 Å². The highest BCUT2D eigenvalue weighted by Gasteiger charge is 2.28. The summed E-state index contributed by atoms with van der Waals surface area (Å²) in [7, 11) is 0. The lowest BCUT2D eigenvalue weighted by Crippen LogP contribution is -2.37. The van der Waals surface area contributed by atoms with Crippen LogP contribution in [-0.4, -0.2) is 25.3 Å². The van der Waals surface area contributed by atoms with Crippen molar-refractivity contribution in [1.29, 1.82) is 0 Å². The van der Waals surface area contributed by atoms with Crippen LogP contribution in [0.5, 0.6) is 11.5 Å². The minimum atomic E-state index is -0.689. The summed E-state index contributed by atoms with van der Waals surface area (Å²) in [5.41, 5.74) is 6.49. The van der Waals surface area contributed by atoms with Gasteiger partial charge < -0.3 is 19.9 Å². The fourth-order valence-electron chi connectivity index (χ4n) is 1.59. The summed E-state index contributed by atoms with van der Waals surface area (Å²) < 4.78 is 15.8. The summed E-state index contributed by atoms with van der Waals surface area (Å²) in [5, 5.41) is 0. The molecule has 0 aliphatic carbocycles. The molecule has 1 unspecified atom stereocenters. The van der Waals surface area contributed by atoms with E-state index in [4.69, 9.17) is 19.9 Å². The van der Waals surface area contributed by atoms with Crippen LogP contribution in [-0.2, 0) is 16.1 Å². The normalized spacial score (nSPS) is 17.6. The molecule has 0 spiro atoms. The van der Waals surface area contributed by atoms with Gasteiger partial charge in [-0.05, 0) is 24.6 Å². The first-order valence-corrected chi connectivity index (χ1v) is 5.53. The van der Waals surface area contributed by atoms with E-state index in [0.29, 0.717) is 24.7 Å². The molecule has 0 aromatic heterocycles. The molecule has 2 rings (SSSR count). The molecule has 0 saturated heterocycles. The molecule has 1 atom stereocenters. The molecular weight excluding hydrogens is 222 g/mol. The van der Waals surface area contributed by atoms with Crippen LogP contribution in [0.15, 0.2) is 18.2 Å². The second kappa shape index (κ2) is 5.05. The fourth-order valence-corrected chi connectivity index (χ4v) is 1.59. The van der Waals surface area contributed by atoms with Crippen molar-refractivity contribution >= 4 is 5.97 Å². The number of rotatable bonds is 3. The van der Waals surface area contributed by atoms with Crippen LogP contribution < -0.4 is 15.2 Å². The first kappa shape index (κ1) is 11.7. The van der Waals surface area contributed by atoms with Gasteiger partial charge in [0.25, 0.3) is 0 Å². The third-order valence-electron chi connectivity index (χ3n) is 2.45. The van der Waals surface area contributed by atoms with E-state index in [1.165, 1.54) is 0 Å². The van der Waals surface area contributed by atoms with E-state index < -0.39 is 12.1 Å². The lowest BCUT2D eigenvalue weighted by atomic mass is 10.2. The summed E-state index contributed by atoms with van der Waals surface area (Å²) >= 11 is 0. The predicted octanol–water partition coefficient (Wildman–Crippen LogP) is 0.848. The summed E-state index contributed by atoms with van der Waals surface area (Å²) in [6.07, 6.45) is -0.689. The monoisotopic (exact) mass is 237 g/mol. The molecule has 0 fully saturated rings. The Bertz CT molecular complexity index is 419. The number of carbonyl (C=O) groups is 1. The molecule has 1 aliphatic heterocycles. The van der Waals surface area contributed by atoms with Gasteiger partial charge in [0.1, 0.15) is 6.61 Å². The first-order chi connectivity index (χ1) is 8.24. The zero-order valence-corrected chi connectivity index (χ0v) is 9.64. The number of nitrogens with two attached hydrogens (primary N) is 1. The van der Waals surface area contributed by atoms with Crippen molar-refractivity contribution in [3.05, 3.63) is 23.8 Å². The summed E-state index contributed by atoms with van der Waals surface area (Å²) in [5.74, 6) is 0.765. The lowest BCUT2D eigenvalue weighted by molar-refractivity contribution is -0.153. The maximum atomic E-state index is 11.5. The average Bonchev–Trinajstić information content (AvgIpc) is 2.37. The summed E-state index contributed by atoms with van der Waals surface area (Å²) in [4.78, 5) is 11.5. The Morgan fingerprint density at radius 2 is 2.35 bits per heavy atom. The number of esters is 1. The van der Waals surface area contributed by atoms with E-state index in [1.54, 1.807) is 13.0 Å². The maximum absolute atomic E-state index is 11.5. The fraction of sp³-hybridized carbons (Fsp3) is 0.417. The molecule has 5 heteroatoms. The third-order valence-corrected chi connectivity index (χ3v) is 2.45. The molecule has 2 N–H and O–H groups in total. The highest BCUT2D eigenvalue weighted by atomic mass is 16.6. The third kappa shape index (κ3) is 2.50. The Kier molecular flexibility index (Phi) is 3.49. The Hall–Kier alpha value is -1.75. The number of hydrogen-bond acceptors (Lipinski definition) is 5. The zero-order chi connectivity index (χ0) is 12.3. The van der Waals surface area contributed by atoms with Crippen molar-refractivity contribution < 1.29 is 19.0 Å². The molecule has 0 saturated carbocycles. The molecule has 0 radical (unpaired) electrons. The van der Waals surface area contributed by atoms with Crippen molar-refractivity contribution in [3.8, 4) is 11.5 Å². The molecule has 0 bridgehead atoms. The Morgan fingerprint density at radius 1 is 1.53 bits per heavy atom. The summed E-state index contributed by atoms with van der Waals surface area (Å²) in [6, 6.07) is 5.41. The van der Waals surface area contributed by atoms with Gasteiger partial charge >= 0.3 is 5.97 Å². The zero-order valence-electron chi connectivity index (χ0n) is 9.64. The van der Waals surface area contributed by atoms with Gasteiger partial charge in [0.2, 0.25) is 6.10 Å². The highest BCUT2D eigenvalue weighted by molar-refractivity contribution is 5.76. The van der Waals surface area contributed by atoms with Gasteiger partial charge in [0, 0.05) is 6.54 Å². The van der Waals surface area contributed by atoms with Gasteiger partial charge in [-0.25, -0.2) is 4.79 Å². The van der Waals surface area contributed by atoms with Gasteiger partial charge in [-0.3, -0.25) is 0 Å². The molecule has 1 aliphatic rings. The van der Waals surface area contributed by atoms with Crippen LogP contribution in [0.4, 0.5) is 0 Å². The van der Waals surface area contributed by atoms with E-state index in [0.717, 1.165) is 5.56 Å². The van der Waals surface area contributed by atoms with Crippen LogP contribution in [0, 0.1) is 0 Å². The van der Waals surface area contributed by atoms with Crippen molar-refractivity contribution in [2.75, 3.05) is 13.2 Å². The van der Waals surface area contributed by atoms with Crippen molar-refractivity contribution in [2.45, 2.75) is 19.6 Å².